The minimum atomic E-state index is -1.01. The molecule has 188 valence electrons. The quantitative estimate of drug-likeness (QED) is 0.426. The van der Waals surface area contributed by atoms with E-state index in [1.807, 2.05) is 19.1 Å². The maximum Gasteiger partial charge on any atom is 0.273 e. The highest BCUT2D eigenvalue weighted by atomic mass is 32.1. The molecule has 0 spiro atoms. The predicted molar refractivity (Wildman–Crippen MR) is 139 cm³/mol. The van der Waals surface area contributed by atoms with E-state index in [-0.39, 0.29) is 28.2 Å². The molecule has 1 aliphatic carbocycles. The molecule has 0 aliphatic heterocycles. The summed E-state index contributed by atoms with van der Waals surface area (Å²) in [5.41, 5.74) is 13.3. The second-order valence-corrected chi connectivity index (χ2v) is 9.59. The van der Waals surface area contributed by atoms with Crippen LogP contribution in [0.25, 0.3) is 0 Å². The molecular formula is C26H29N5O4S. The summed E-state index contributed by atoms with van der Waals surface area (Å²) in [6.45, 7) is 1.93. The summed E-state index contributed by atoms with van der Waals surface area (Å²) >= 11 is 0.783. The topological polar surface area (TPSA) is 141 Å². The van der Waals surface area contributed by atoms with Crippen LogP contribution in [0.4, 0.5) is 11.4 Å². The zero-order valence-corrected chi connectivity index (χ0v) is 21.0. The lowest BCUT2D eigenvalue weighted by Crippen LogP contribution is -2.46. The summed E-state index contributed by atoms with van der Waals surface area (Å²) in [7, 11) is 1.56. The Kier molecular flexibility index (Phi) is 7.54. The number of rotatable bonds is 8. The summed E-state index contributed by atoms with van der Waals surface area (Å²) in [6.07, 6.45) is 3.88. The van der Waals surface area contributed by atoms with E-state index in [2.05, 4.69) is 9.69 Å². The lowest BCUT2D eigenvalue weighted by atomic mass is 10.0. The molecule has 4 rings (SSSR count). The van der Waals surface area contributed by atoms with E-state index in [4.69, 9.17) is 16.2 Å². The fourth-order valence-corrected chi connectivity index (χ4v) is 5.12. The lowest BCUT2D eigenvalue weighted by molar-refractivity contribution is -0.123. The van der Waals surface area contributed by atoms with Crippen molar-refractivity contribution in [2.24, 2.45) is 5.73 Å². The average Bonchev–Trinajstić information content (AvgIpc) is 3.52. The second-order valence-electron chi connectivity index (χ2n) is 8.81. The molecule has 1 aliphatic rings. The van der Waals surface area contributed by atoms with Gasteiger partial charge in [0.1, 0.15) is 16.7 Å². The molecule has 5 N–H and O–H groups in total. The van der Waals surface area contributed by atoms with E-state index < -0.39 is 17.9 Å². The third-order valence-corrected chi connectivity index (χ3v) is 7.18. The van der Waals surface area contributed by atoms with Crippen LogP contribution < -0.4 is 26.4 Å². The van der Waals surface area contributed by atoms with Crippen molar-refractivity contribution >= 4 is 40.6 Å². The number of nitrogens with zero attached hydrogens (tertiary/aromatic N) is 2. The van der Waals surface area contributed by atoms with Gasteiger partial charge in [0, 0.05) is 11.7 Å². The van der Waals surface area contributed by atoms with Crippen molar-refractivity contribution in [1.82, 2.24) is 9.69 Å². The number of aromatic nitrogens is 1. The zero-order chi connectivity index (χ0) is 25.8. The van der Waals surface area contributed by atoms with Gasteiger partial charge in [-0.3, -0.25) is 19.3 Å². The number of ether oxygens (including phenoxy) is 1. The Balaban J connectivity index is 1.84. The van der Waals surface area contributed by atoms with Gasteiger partial charge in [-0.2, -0.15) is 4.37 Å². The van der Waals surface area contributed by atoms with Gasteiger partial charge in [-0.05, 0) is 61.1 Å². The molecule has 0 unspecified atom stereocenters. The molecule has 9 nitrogen and oxygen atoms in total. The number of aryl methyl sites for hydroxylation is 1. The molecule has 1 aromatic heterocycles. The van der Waals surface area contributed by atoms with Gasteiger partial charge in [0.05, 0.1) is 12.8 Å². The van der Waals surface area contributed by atoms with Gasteiger partial charge >= 0.3 is 0 Å². The standard InChI is InChI=1S/C26H29N5O4S/c1-15-7-11-18(12-8-15)31(26(34)23-20(27)21(24(28)32)30-36-23)22(16-9-13-19(35-2)14-10-16)25(33)29-17-5-3-4-6-17/h7-14,17,22H,3-6,27H2,1-2H3,(H2,28,32)(H,29,33)/t22-/m1/s1. The van der Waals surface area contributed by atoms with Crippen LogP contribution in [0.2, 0.25) is 0 Å². The summed E-state index contributed by atoms with van der Waals surface area (Å²) in [6, 6.07) is 13.3. The van der Waals surface area contributed by atoms with Crippen LogP contribution in [0.5, 0.6) is 5.75 Å². The number of hydrogen-bond donors (Lipinski definition) is 3. The van der Waals surface area contributed by atoms with Crippen molar-refractivity contribution in [2.75, 3.05) is 17.7 Å². The molecule has 0 radical (unpaired) electrons. The fraction of sp³-hybridized carbons (Fsp3) is 0.308. The molecule has 1 saturated carbocycles. The van der Waals surface area contributed by atoms with Crippen LogP contribution in [-0.2, 0) is 4.79 Å². The van der Waals surface area contributed by atoms with Crippen molar-refractivity contribution < 1.29 is 19.1 Å². The number of primary amides is 1. The van der Waals surface area contributed by atoms with E-state index in [0.717, 1.165) is 42.8 Å². The Hall–Kier alpha value is -3.92. The van der Waals surface area contributed by atoms with Crippen molar-refractivity contribution in [1.29, 1.82) is 0 Å². The van der Waals surface area contributed by atoms with Crippen molar-refractivity contribution in [2.45, 2.75) is 44.7 Å². The van der Waals surface area contributed by atoms with Crippen LogP contribution in [0.15, 0.2) is 48.5 Å². The Morgan fingerprint density at radius 3 is 2.28 bits per heavy atom. The Morgan fingerprint density at radius 2 is 1.72 bits per heavy atom. The maximum atomic E-state index is 14.0. The SMILES string of the molecule is COc1ccc([C@H](C(=O)NC2CCCC2)N(C(=O)c2snc(C(N)=O)c2N)c2ccc(C)cc2)cc1. The largest absolute Gasteiger partial charge is 0.497 e. The molecule has 1 fully saturated rings. The number of anilines is 2. The molecular weight excluding hydrogens is 478 g/mol. The van der Waals surface area contributed by atoms with Gasteiger partial charge in [-0.25, -0.2) is 0 Å². The Labute approximate surface area is 213 Å². The first kappa shape index (κ1) is 25.2. The van der Waals surface area contributed by atoms with Gasteiger partial charge in [0.15, 0.2) is 5.69 Å². The number of carbonyl (C=O) groups is 3. The van der Waals surface area contributed by atoms with E-state index in [0.29, 0.717) is 17.0 Å². The lowest BCUT2D eigenvalue weighted by Gasteiger charge is -2.32. The van der Waals surface area contributed by atoms with Gasteiger partial charge in [0.25, 0.3) is 11.8 Å². The van der Waals surface area contributed by atoms with Gasteiger partial charge in [-0.15, -0.1) is 0 Å². The van der Waals surface area contributed by atoms with Crippen LogP contribution >= 0.6 is 11.5 Å². The molecule has 10 heteroatoms. The first-order valence-electron chi connectivity index (χ1n) is 11.7. The summed E-state index contributed by atoms with van der Waals surface area (Å²) in [4.78, 5) is 41.0. The number of amides is 3. The summed E-state index contributed by atoms with van der Waals surface area (Å²) in [5, 5.41) is 3.13. The first-order chi connectivity index (χ1) is 17.3. The second kappa shape index (κ2) is 10.8. The van der Waals surface area contributed by atoms with Crippen molar-refractivity contribution in [3.05, 3.63) is 70.2 Å². The normalized spacial score (nSPS) is 14.3. The molecule has 3 amide bonds. The number of nitrogen functional groups attached to an aromatic ring is 1. The van der Waals surface area contributed by atoms with Crippen molar-refractivity contribution in [3.63, 3.8) is 0 Å². The highest BCUT2D eigenvalue weighted by Gasteiger charge is 2.37. The molecule has 0 saturated heterocycles. The van der Waals surface area contributed by atoms with Gasteiger partial charge < -0.3 is 21.5 Å². The van der Waals surface area contributed by atoms with Crippen LogP contribution in [-0.4, -0.2) is 35.2 Å². The minimum absolute atomic E-state index is 0.0385. The molecule has 3 aromatic rings. The average molecular weight is 508 g/mol. The van der Waals surface area contributed by atoms with Crippen LogP contribution in [0.1, 0.15) is 63.0 Å². The summed E-state index contributed by atoms with van der Waals surface area (Å²) < 4.78 is 9.27. The third-order valence-electron chi connectivity index (χ3n) is 6.33. The molecule has 2 aromatic carbocycles. The van der Waals surface area contributed by atoms with E-state index in [9.17, 15) is 14.4 Å². The number of benzene rings is 2. The highest BCUT2D eigenvalue weighted by molar-refractivity contribution is 7.09. The van der Waals surface area contributed by atoms with E-state index in [1.54, 1.807) is 43.5 Å². The zero-order valence-electron chi connectivity index (χ0n) is 20.2. The molecule has 0 bridgehead atoms. The number of nitrogens with one attached hydrogen (secondary N) is 1. The third kappa shape index (κ3) is 5.18. The molecule has 36 heavy (non-hydrogen) atoms. The van der Waals surface area contributed by atoms with E-state index >= 15 is 0 Å². The van der Waals surface area contributed by atoms with Crippen LogP contribution in [0, 0.1) is 6.92 Å². The molecule has 1 heterocycles. The smallest absolute Gasteiger partial charge is 0.273 e. The van der Waals surface area contributed by atoms with Gasteiger partial charge in [0.2, 0.25) is 5.91 Å². The fourth-order valence-electron chi connectivity index (χ4n) is 4.38. The number of nitrogens with two attached hydrogens (primary N) is 2. The summed E-state index contributed by atoms with van der Waals surface area (Å²) in [5.74, 6) is -1.06. The maximum absolute atomic E-state index is 14.0. The number of methoxy groups -OCH3 is 1. The van der Waals surface area contributed by atoms with Crippen molar-refractivity contribution in [3.8, 4) is 5.75 Å². The van der Waals surface area contributed by atoms with Gasteiger partial charge in [-0.1, -0.05) is 42.7 Å². The van der Waals surface area contributed by atoms with Crippen LogP contribution in [0.3, 0.4) is 0 Å². The molecule has 1 atom stereocenters. The monoisotopic (exact) mass is 507 g/mol. The first-order valence-corrected chi connectivity index (χ1v) is 12.5. The Morgan fingerprint density at radius 1 is 1.08 bits per heavy atom. The minimum Gasteiger partial charge on any atom is -0.497 e. The number of carbonyl (C=O) groups excluding carboxylic acids is 3. The predicted octanol–water partition coefficient (Wildman–Crippen LogP) is 3.59. The Bertz CT molecular complexity index is 1250. The van der Waals surface area contributed by atoms with E-state index in [1.165, 1.54) is 4.90 Å². The highest BCUT2D eigenvalue weighted by Crippen LogP contribution is 2.34. The number of hydrogen-bond acceptors (Lipinski definition) is 7.